The van der Waals surface area contributed by atoms with Crippen molar-refractivity contribution in [2.45, 2.75) is 25.9 Å². The van der Waals surface area contributed by atoms with Gasteiger partial charge in [0.05, 0.1) is 0 Å². The maximum absolute atomic E-state index is 11.9. The van der Waals surface area contributed by atoms with E-state index in [0.717, 1.165) is 12.8 Å². The summed E-state index contributed by atoms with van der Waals surface area (Å²) in [7, 11) is 0. The van der Waals surface area contributed by atoms with Crippen molar-refractivity contribution in [1.82, 2.24) is 0 Å². The van der Waals surface area contributed by atoms with E-state index < -0.39 is 6.61 Å². The number of ether oxygens (including phenoxy) is 1. The Morgan fingerprint density at radius 2 is 1.88 bits per heavy atom. The summed E-state index contributed by atoms with van der Waals surface area (Å²) >= 11 is 5.50. The Labute approximate surface area is 104 Å². The van der Waals surface area contributed by atoms with E-state index in [4.69, 9.17) is 11.6 Å². The Bertz CT molecular complexity index is 352. The summed E-state index contributed by atoms with van der Waals surface area (Å²) in [6.07, 6.45) is 1.94. The van der Waals surface area contributed by atoms with Gasteiger partial charge in [-0.3, -0.25) is 4.79 Å². The largest absolute Gasteiger partial charge is 0.435 e. The lowest BCUT2D eigenvalue weighted by Crippen LogP contribution is -2.03. The maximum Gasteiger partial charge on any atom is 0.387 e. The Morgan fingerprint density at radius 3 is 2.41 bits per heavy atom. The fraction of sp³-hybridized carbons (Fsp3) is 0.417. The number of carbonyl (C=O) groups excluding carboxylic acids is 1. The van der Waals surface area contributed by atoms with E-state index in [9.17, 15) is 13.6 Å². The van der Waals surface area contributed by atoms with Crippen LogP contribution in [0.2, 0.25) is 0 Å². The third kappa shape index (κ3) is 5.13. The average Bonchev–Trinajstić information content (AvgIpc) is 2.29. The Morgan fingerprint density at radius 1 is 1.24 bits per heavy atom. The first-order valence-corrected chi connectivity index (χ1v) is 5.81. The van der Waals surface area contributed by atoms with Crippen molar-refractivity contribution >= 4 is 17.4 Å². The van der Waals surface area contributed by atoms with Gasteiger partial charge in [-0.05, 0) is 37.1 Å². The molecule has 0 bridgehead atoms. The van der Waals surface area contributed by atoms with Crippen LogP contribution in [0.3, 0.4) is 0 Å². The molecule has 0 unspecified atom stereocenters. The second kappa shape index (κ2) is 7.22. The third-order valence-corrected chi connectivity index (χ3v) is 2.46. The number of carbonyl (C=O) groups is 1. The quantitative estimate of drug-likeness (QED) is 0.423. The average molecular weight is 263 g/mol. The molecule has 0 amide bonds. The van der Waals surface area contributed by atoms with Crippen molar-refractivity contribution in [3.8, 4) is 5.75 Å². The summed E-state index contributed by atoms with van der Waals surface area (Å²) < 4.78 is 28.0. The summed E-state index contributed by atoms with van der Waals surface area (Å²) in [6, 6.07) is 5.70. The SMILES string of the molecule is O=C(CCCCCl)c1ccc(OC(F)F)cc1. The van der Waals surface area contributed by atoms with Gasteiger partial charge in [0.1, 0.15) is 5.75 Å². The second-order valence-corrected chi connectivity index (χ2v) is 3.85. The molecule has 17 heavy (non-hydrogen) atoms. The number of rotatable bonds is 7. The first-order chi connectivity index (χ1) is 8.13. The lowest BCUT2D eigenvalue weighted by atomic mass is 10.1. The van der Waals surface area contributed by atoms with Crippen molar-refractivity contribution in [2.24, 2.45) is 0 Å². The van der Waals surface area contributed by atoms with Gasteiger partial charge in [-0.15, -0.1) is 11.6 Å². The van der Waals surface area contributed by atoms with Gasteiger partial charge in [-0.2, -0.15) is 8.78 Å². The van der Waals surface area contributed by atoms with Crippen LogP contribution in [-0.4, -0.2) is 18.3 Å². The number of halogens is 3. The van der Waals surface area contributed by atoms with E-state index in [2.05, 4.69) is 4.74 Å². The molecule has 0 aliphatic heterocycles. The van der Waals surface area contributed by atoms with Crippen LogP contribution in [0.15, 0.2) is 24.3 Å². The molecule has 0 aliphatic rings. The molecule has 1 aromatic carbocycles. The normalized spacial score (nSPS) is 10.6. The summed E-state index contributed by atoms with van der Waals surface area (Å²) in [6.45, 7) is -2.85. The van der Waals surface area contributed by atoms with E-state index >= 15 is 0 Å². The Kier molecular flexibility index (Phi) is 5.91. The molecule has 0 radical (unpaired) electrons. The van der Waals surface area contributed by atoms with Crippen LogP contribution in [-0.2, 0) is 0 Å². The summed E-state index contributed by atoms with van der Waals surface area (Å²) in [5.74, 6) is 0.574. The zero-order valence-corrected chi connectivity index (χ0v) is 9.92. The molecular formula is C12H13ClF2O2. The fourth-order valence-corrected chi connectivity index (χ4v) is 1.54. The zero-order valence-electron chi connectivity index (χ0n) is 9.17. The van der Waals surface area contributed by atoms with Gasteiger partial charge in [-0.1, -0.05) is 0 Å². The smallest absolute Gasteiger partial charge is 0.387 e. The molecule has 2 nitrogen and oxygen atoms in total. The van der Waals surface area contributed by atoms with Crippen LogP contribution in [0, 0.1) is 0 Å². The molecule has 0 aliphatic carbocycles. The van der Waals surface area contributed by atoms with E-state index in [1.165, 1.54) is 24.3 Å². The lowest BCUT2D eigenvalue weighted by Gasteiger charge is -2.05. The summed E-state index contributed by atoms with van der Waals surface area (Å²) in [4.78, 5) is 11.6. The third-order valence-electron chi connectivity index (χ3n) is 2.19. The van der Waals surface area contributed by atoms with Gasteiger partial charge in [0.2, 0.25) is 0 Å². The number of hydrogen-bond donors (Lipinski definition) is 0. The molecule has 0 saturated carbocycles. The van der Waals surface area contributed by atoms with Gasteiger partial charge in [-0.25, -0.2) is 0 Å². The Hall–Kier alpha value is -1.16. The maximum atomic E-state index is 11.9. The molecule has 1 rings (SSSR count). The van der Waals surface area contributed by atoms with Gasteiger partial charge >= 0.3 is 6.61 Å². The van der Waals surface area contributed by atoms with Crippen LogP contribution < -0.4 is 4.74 Å². The van der Waals surface area contributed by atoms with Gasteiger partial charge < -0.3 is 4.74 Å². The minimum Gasteiger partial charge on any atom is -0.435 e. The van der Waals surface area contributed by atoms with E-state index in [0.29, 0.717) is 17.9 Å². The number of benzene rings is 1. The standard InChI is InChI=1S/C12H13ClF2O2/c13-8-2-1-3-11(16)9-4-6-10(7-5-9)17-12(14)15/h4-7,12H,1-3,8H2. The highest BCUT2D eigenvalue weighted by Crippen LogP contribution is 2.16. The van der Waals surface area contributed by atoms with Crippen molar-refractivity contribution in [3.63, 3.8) is 0 Å². The number of Topliss-reactive ketones (excluding diaryl/α,β-unsaturated/α-hetero) is 1. The molecule has 94 valence electrons. The van der Waals surface area contributed by atoms with Crippen molar-refractivity contribution in [3.05, 3.63) is 29.8 Å². The molecule has 5 heteroatoms. The second-order valence-electron chi connectivity index (χ2n) is 3.47. The predicted octanol–water partition coefficient (Wildman–Crippen LogP) is 3.88. The highest BCUT2D eigenvalue weighted by Gasteiger charge is 2.07. The molecule has 0 fully saturated rings. The van der Waals surface area contributed by atoms with Crippen LogP contribution in [0.25, 0.3) is 0 Å². The molecule has 0 atom stereocenters. The predicted molar refractivity (Wildman–Crippen MR) is 62.0 cm³/mol. The van der Waals surface area contributed by atoms with Crippen LogP contribution in [0.4, 0.5) is 8.78 Å². The highest BCUT2D eigenvalue weighted by molar-refractivity contribution is 6.17. The molecule has 1 aromatic rings. The number of hydrogen-bond acceptors (Lipinski definition) is 2. The van der Waals surface area contributed by atoms with E-state index in [-0.39, 0.29) is 11.5 Å². The first kappa shape index (κ1) is 13.9. The summed E-state index contributed by atoms with van der Waals surface area (Å²) in [5, 5.41) is 0. The van der Waals surface area contributed by atoms with Crippen molar-refractivity contribution in [1.29, 1.82) is 0 Å². The van der Waals surface area contributed by atoms with Crippen molar-refractivity contribution < 1.29 is 18.3 Å². The highest BCUT2D eigenvalue weighted by atomic mass is 35.5. The first-order valence-electron chi connectivity index (χ1n) is 5.27. The van der Waals surface area contributed by atoms with Gasteiger partial charge in [0.25, 0.3) is 0 Å². The number of ketones is 1. The van der Waals surface area contributed by atoms with Gasteiger partial charge in [0.15, 0.2) is 5.78 Å². The molecule has 0 heterocycles. The number of unbranched alkanes of at least 4 members (excludes halogenated alkanes) is 1. The van der Waals surface area contributed by atoms with Crippen LogP contribution in [0.1, 0.15) is 29.6 Å². The fourth-order valence-electron chi connectivity index (χ4n) is 1.35. The van der Waals surface area contributed by atoms with Crippen LogP contribution >= 0.6 is 11.6 Å². The monoisotopic (exact) mass is 262 g/mol. The Balaban J connectivity index is 2.52. The van der Waals surface area contributed by atoms with Crippen molar-refractivity contribution in [2.75, 3.05) is 5.88 Å². The molecule has 0 spiro atoms. The molecule has 0 aromatic heterocycles. The minimum atomic E-state index is -2.85. The van der Waals surface area contributed by atoms with E-state index in [1.54, 1.807) is 0 Å². The molecular weight excluding hydrogens is 250 g/mol. The van der Waals surface area contributed by atoms with Crippen LogP contribution in [0.5, 0.6) is 5.75 Å². The molecule has 0 N–H and O–H groups in total. The lowest BCUT2D eigenvalue weighted by molar-refractivity contribution is -0.0498. The molecule has 0 saturated heterocycles. The minimum absolute atomic E-state index is 0.0151. The number of alkyl halides is 3. The summed E-state index contributed by atoms with van der Waals surface area (Å²) in [5.41, 5.74) is 0.501. The van der Waals surface area contributed by atoms with E-state index in [1.807, 2.05) is 0 Å². The topological polar surface area (TPSA) is 26.3 Å². The van der Waals surface area contributed by atoms with Gasteiger partial charge in [0, 0.05) is 17.9 Å². The zero-order chi connectivity index (χ0) is 12.7.